The minimum Gasteiger partial charge on any atom is -0.475 e. The first-order valence-corrected chi connectivity index (χ1v) is 23.3. The predicted octanol–water partition coefficient (Wildman–Crippen LogP) is 5.31. The van der Waals surface area contributed by atoms with Gasteiger partial charge in [0, 0.05) is 75.4 Å². The van der Waals surface area contributed by atoms with E-state index in [0.717, 1.165) is 119 Å². The molecule has 68 heavy (non-hydrogen) atoms. The molecule has 0 radical (unpaired) electrons. The number of imide groups is 2. The lowest BCUT2D eigenvalue weighted by Gasteiger charge is -2.37. The fourth-order valence-corrected chi connectivity index (χ4v) is 9.97. The van der Waals surface area contributed by atoms with Crippen LogP contribution < -0.4 is 15.5 Å². The highest BCUT2D eigenvalue weighted by atomic mass is 19.4. The Morgan fingerprint density at radius 2 is 1.57 bits per heavy atom. The maximum Gasteiger partial charge on any atom is 0.490 e. The number of aromatic amines is 1. The van der Waals surface area contributed by atoms with Gasteiger partial charge in [-0.1, -0.05) is 44.2 Å². The van der Waals surface area contributed by atoms with Crippen molar-refractivity contribution in [3.63, 3.8) is 0 Å². The molecule has 4 N–H and O–H groups in total. The number of benzene rings is 2. The van der Waals surface area contributed by atoms with E-state index in [1.807, 2.05) is 23.0 Å². The summed E-state index contributed by atoms with van der Waals surface area (Å²) in [4.78, 5) is 81.3. The van der Waals surface area contributed by atoms with Crippen molar-refractivity contribution in [2.24, 2.45) is 11.3 Å². The number of anilines is 2. The number of piperazine rings is 1. The number of amides is 5. The molecule has 0 bridgehead atoms. The minimum atomic E-state index is -5.08. The molecule has 17 nitrogen and oxygen atoms in total. The third kappa shape index (κ3) is 11.0. The maximum absolute atomic E-state index is 13.4. The normalized spacial score (nSPS) is 20.6. The van der Waals surface area contributed by atoms with Crippen LogP contribution in [0.15, 0.2) is 60.9 Å². The SMILES string of the molecule is CC1(C)CCc2c(C(=O)Nc3cnn([C@@H](CCN4CCN(CCC5CCN(c6ccc7c(c6)C(=O)N(C6CCC(=O)NC6=O)C7=O)CC5)CC4)c4ccccc4)c3)n[nH]c2C1.O=C(O)C(F)(F)F. The van der Waals surface area contributed by atoms with Crippen molar-refractivity contribution in [3.05, 3.63) is 94.6 Å². The number of aliphatic carboxylic acids is 1. The molecule has 362 valence electrons. The largest absolute Gasteiger partial charge is 0.490 e. The summed E-state index contributed by atoms with van der Waals surface area (Å²) < 4.78 is 33.7. The maximum atomic E-state index is 13.4. The summed E-state index contributed by atoms with van der Waals surface area (Å²) in [6, 6.07) is 14.9. The second kappa shape index (κ2) is 20.0. The zero-order valence-corrected chi connectivity index (χ0v) is 38.2. The van der Waals surface area contributed by atoms with Crippen LogP contribution in [-0.4, -0.2) is 140 Å². The van der Waals surface area contributed by atoms with Crippen molar-refractivity contribution in [1.82, 2.24) is 40.0 Å². The Labute approximate surface area is 391 Å². The lowest BCUT2D eigenvalue weighted by Crippen LogP contribution is -2.54. The van der Waals surface area contributed by atoms with Gasteiger partial charge in [0.05, 0.1) is 29.1 Å². The fourth-order valence-electron chi connectivity index (χ4n) is 9.97. The molecule has 1 aliphatic carbocycles. The van der Waals surface area contributed by atoms with E-state index >= 15 is 0 Å². The number of H-pyrrole nitrogens is 1. The summed E-state index contributed by atoms with van der Waals surface area (Å²) in [5.41, 5.74) is 6.19. The number of nitrogens with one attached hydrogen (secondary N) is 3. The van der Waals surface area contributed by atoms with Gasteiger partial charge >= 0.3 is 12.1 Å². The van der Waals surface area contributed by atoms with Crippen LogP contribution in [0.4, 0.5) is 24.5 Å². The van der Waals surface area contributed by atoms with Crippen molar-refractivity contribution in [1.29, 1.82) is 0 Å². The number of nitrogens with zero attached hydrogens (tertiary/aromatic N) is 7. The number of alkyl halides is 3. The number of carboxylic acid groups (broad SMARTS) is 1. The average molecular weight is 943 g/mol. The number of aromatic nitrogens is 4. The predicted molar refractivity (Wildman–Crippen MR) is 243 cm³/mol. The van der Waals surface area contributed by atoms with Crippen molar-refractivity contribution < 1.29 is 47.0 Å². The number of carbonyl (C=O) groups is 6. The lowest BCUT2D eigenvalue weighted by atomic mass is 9.76. The molecule has 3 saturated heterocycles. The summed E-state index contributed by atoms with van der Waals surface area (Å²) in [6.07, 6.45) is 5.78. The first-order valence-electron chi connectivity index (χ1n) is 23.3. The molecule has 0 spiro atoms. The summed E-state index contributed by atoms with van der Waals surface area (Å²) in [7, 11) is 0. The van der Waals surface area contributed by atoms with Crippen molar-refractivity contribution in [2.45, 2.75) is 89.9 Å². The molecule has 9 rings (SSSR count). The van der Waals surface area contributed by atoms with Crippen LogP contribution in [0.3, 0.4) is 0 Å². The summed E-state index contributed by atoms with van der Waals surface area (Å²) >= 11 is 0. The van der Waals surface area contributed by atoms with Crippen LogP contribution in [0, 0.1) is 11.3 Å². The number of hydrogen-bond donors (Lipinski definition) is 4. The second-order valence-corrected chi connectivity index (χ2v) is 19.1. The molecular weight excluding hydrogens is 886 g/mol. The van der Waals surface area contributed by atoms with Crippen LogP contribution in [0.5, 0.6) is 0 Å². The number of carbonyl (C=O) groups excluding carboxylic acids is 5. The highest BCUT2D eigenvalue weighted by Crippen LogP contribution is 2.36. The molecule has 2 aromatic heterocycles. The fraction of sp³-hybridized carbons (Fsp3) is 0.500. The number of hydrogen-bond acceptors (Lipinski definition) is 11. The standard InChI is InChI=1S/C46H56N10O5.C2HF3O2/c1-46(2)17-12-35-37(27-46)50-51-41(35)43(59)48-32-28-47-55(29-32)38(31-6-4-3-5-7-31)16-19-53-24-22-52(23-25-53)18-13-30-14-20-54(21-15-30)33-8-9-34-36(26-33)45(61)56(44(34)60)39-10-11-40(57)49-42(39)58;3-2(4,5)1(6)7/h3-9,26,28-30,38-39H,10-25,27H2,1-2H3,(H,48,59)(H,50,51)(H,49,57,58);(H,6,7)/t38-,39?;/m0./s1. The number of fused-ring (bicyclic) bond motifs is 2. The molecule has 2 atom stereocenters. The van der Waals surface area contributed by atoms with E-state index in [4.69, 9.17) is 15.0 Å². The summed E-state index contributed by atoms with van der Waals surface area (Å²) in [5, 5.41) is 24.7. The Balaban J connectivity index is 0.000000830. The average Bonchev–Trinajstić information content (AvgIpc) is 4.02. The zero-order valence-electron chi connectivity index (χ0n) is 38.2. The number of rotatable bonds is 12. The van der Waals surface area contributed by atoms with Gasteiger partial charge in [-0.25, -0.2) is 4.79 Å². The summed E-state index contributed by atoms with van der Waals surface area (Å²) in [5.74, 6) is -4.25. The minimum absolute atomic E-state index is 0.0310. The Hall–Kier alpha value is -6.41. The van der Waals surface area contributed by atoms with Gasteiger partial charge in [-0.2, -0.15) is 23.4 Å². The van der Waals surface area contributed by atoms with E-state index in [0.29, 0.717) is 28.4 Å². The molecule has 4 aromatic rings. The van der Waals surface area contributed by atoms with E-state index in [9.17, 15) is 37.1 Å². The van der Waals surface area contributed by atoms with Crippen LogP contribution in [-0.2, 0) is 27.2 Å². The zero-order chi connectivity index (χ0) is 48.3. The monoisotopic (exact) mass is 942 g/mol. The molecule has 1 unspecified atom stereocenters. The molecule has 5 aliphatic rings. The number of carboxylic acids is 1. The second-order valence-electron chi connectivity index (χ2n) is 19.1. The molecule has 2 aromatic carbocycles. The van der Waals surface area contributed by atoms with Gasteiger partial charge in [0.15, 0.2) is 5.69 Å². The van der Waals surface area contributed by atoms with Crippen molar-refractivity contribution in [2.75, 3.05) is 62.6 Å². The van der Waals surface area contributed by atoms with Crippen molar-refractivity contribution >= 4 is 46.9 Å². The van der Waals surface area contributed by atoms with Gasteiger partial charge in [-0.3, -0.25) is 44.0 Å². The Bertz CT molecular complexity index is 2530. The molecule has 0 saturated carbocycles. The summed E-state index contributed by atoms with van der Waals surface area (Å²) in [6.45, 7) is 12.4. The van der Waals surface area contributed by atoms with Gasteiger partial charge in [0.25, 0.3) is 17.7 Å². The molecule has 20 heteroatoms. The van der Waals surface area contributed by atoms with E-state index in [1.54, 1.807) is 18.3 Å². The Kier molecular flexibility index (Phi) is 14.2. The van der Waals surface area contributed by atoms with Gasteiger partial charge < -0.3 is 25.1 Å². The van der Waals surface area contributed by atoms with Crippen LogP contribution in [0.2, 0.25) is 0 Å². The van der Waals surface area contributed by atoms with E-state index in [2.05, 4.69) is 73.6 Å². The first kappa shape index (κ1) is 48.1. The third-order valence-electron chi connectivity index (χ3n) is 13.9. The number of halogens is 3. The van der Waals surface area contributed by atoms with Gasteiger partial charge in [0.1, 0.15) is 6.04 Å². The topological polar surface area (TPSA) is 206 Å². The van der Waals surface area contributed by atoms with Crippen LogP contribution in [0.1, 0.15) is 113 Å². The molecule has 3 fully saturated rings. The first-order chi connectivity index (χ1) is 32.4. The lowest BCUT2D eigenvalue weighted by molar-refractivity contribution is -0.192. The van der Waals surface area contributed by atoms with E-state index in [-0.39, 0.29) is 36.1 Å². The Morgan fingerprint density at radius 3 is 2.25 bits per heavy atom. The van der Waals surface area contributed by atoms with E-state index < -0.39 is 35.9 Å². The molecule has 6 heterocycles. The smallest absolute Gasteiger partial charge is 0.475 e. The van der Waals surface area contributed by atoms with E-state index in [1.165, 1.54) is 5.56 Å². The van der Waals surface area contributed by atoms with Crippen molar-refractivity contribution in [3.8, 4) is 0 Å². The Morgan fingerprint density at radius 1 is 0.897 bits per heavy atom. The molecule has 5 amide bonds. The quantitative estimate of drug-likeness (QED) is 0.133. The van der Waals surface area contributed by atoms with Gasteiger partial charge in [-0.15, -0.1) is 0 Å². The third-order valence-corrected chi connectivity index (χ3v) is 13.9. The highest BCUT2D eigenvalue weighted by molar-refractivity contribution is 6.23. The van der Waals surface area contributed by atoms with Crippen LogP contribution >= 0.6 is 0 Å². The van der Waals surface area contributed by atoms with Gasteiger partial charge in [0.2, 0.25) is 11.8 Å². The van der Waals surface area contributed by atoms with Crippen LogP contribution in [0.25, 0.3) is 0 Å². The van der Waals surface area contributed by atoms with Gasteiger partial charge in [-0.05, 0) is 93.0 Å². The molecule has 4 aliphatic heterocycles. The highest BCUT2D eigenvalue weighted by Gasteiger charge is 2.45. The number of piperidine rings is 2. The molecular formula is C48H57F3N10O7.